The van der Waals surface area contributed by atoms with Crippen LogP contribution in [0.3, 0.4) is 0 Å². The monoisotopic (exact) mass is 318 g/mol. The SMILES string of the molecule is Oc1c(O)c2ccccc2c2c1=NCCC(c1ccccc1)CN=2. The summed E-state index contributed by atoms with van der Waals surface area (Å²) in [5.74, 6) is 0.00639. The van der Waals surface area contributed by atoms with Crippen LogP contribution in [0.5, 0.6) is 11.5 Å². The first-order valence-electron chi connectivity index (χ1n) is 8.12. The Hall–Kier alpha value is -2.88. The molecule has 1 aliphatic rings. The summed E-state index contributed by atoms with van der Waals surface area (Å²) >= 11 is 0. The van der Waals surface area contributed by atoms with Gasteiger partial charge in [0.2, 0.25) is 0 Å². The summed E-state index contributed by atoms with van der Waals surface area (Å²) < 4.78 is 0. The number of phenolic OH excluding ortho intramolecular Hbond substituents is 2. The van der Waals surface area contributed by atoms with Crippen LogP contribution in [-0.4, -0.2) is 23.3 Å². The predicted molar refractivity (Wildman–Crippen MR) is 93.1 cm³/mol. The van der Waals surface area contributed by atoms with Crippen LogP contribution < -0.4 is 10.7 Å². The molecule has 4 nitrogen and oxygen atoms in total. The third-order valence-corrected chi connectivity index (χ3v) is 4.60. The first-order chi connectivity index (χ1) is 11.8. The number of benzene rings is 3. The summed E-state index contributed by atoms with van der Waals surface area (Å²) in [6, 6.07) is 17.8. The Kier molecular flexibility index (Phi) is 3.65. The summed E-state index contributed by atoms with van der Waals surface area (Å²) in [6.45, 7) is 1.23. The van der Waals surface area contributed by atoms with Crippen LogP contribution in [-0.2, 0) is 0 Å². The van der Waals surface area contributed by atoms with Gasteiger partial charge in [-0.15, -0.1) is 0 Å². The van der Waals surface area contributed by atoms with Crippen LogP contribution >= 0.6 is 0 Å². The molecule has 120 valence electrons. The van der Waals surface area contributed by atoms with Gasteiger partial charge in [0.05, 0.1) is 5.36 Å². The number of nitrogens with zero attached hydrogens (tertiary/aromatic N) is 2. The molecule has 0 bridgehead atoms. The van der Waals surface area contributed by atoms with Gasteiger partial charge >= 0.3 is 0 Å². The molecule has 0 amide bonds. The van der Waals surface area contributed by atoms with Crippen LogP contribution in [0.4, 0.5) is 0 Å². The number of rotatable bonds is 1. The Balaban J connectivity index is 1.93. The van der Waals surface area contributed by atoms with Crippen LogP contribution in [0.2, 0.25) is 0 Å². The third kappa shape index (κ3) is 2.40. The molecule has 3 aromatic carbocycles. The predicted octanol–water partition coefficient (Wildman–Crippen LogP) is 2.68. The number of fused-ring (bicyclic) bond motifs is 3. The Bertz CT molecular complexity index is 1010. The summed E-state index contributed by atoms with van der Waals surface area (Å²) in [7, 11) is 0. The van der Waals surface area contributed by atoms with E-state index < -0.39 is 0 Å². The van der Waals surface area contributed by atoms with E-state index in [-0.39, 0.29) is 11.5 Å². The van der Waals surface area contributed by atoms with Gasteiger partial charge in [0.15, 0.2) is 11.5 Å². The van der Waals surface area contributed by atoms with Crippen molar-refractivity contribution in [1.29, 1.82) is 0 Å². The van der Waals surface area contributed by atoms with E-state index in [9.17, 15) is 10.2 Å². The van der Waals surface area contributed by atoms with Crippen molar-refractivity contribution in [2.24, 2.45) is 9.98 Å². The van der Waals surface area contributed by atoms with Crippen molar-refractivity contribution < 1.29 is 10.2 Å². The lowest BCUT2D eigenvalue weighted by Gasteiger charge is -2.16. The number of aromatic hydroxyl groups is 2. The smallest absolute Gasteiger partial charge is 0.186 e. The van der Waals surface area contributed by atoms with E-state index in [0.29, 0.717) is 35.1 Å². The van der Waals surface area contributed by atoms with Crippen LogP contribution in [0.25, 0.3) is 10.8 Å². The first kappa shape index (κ1) is 14.7. The molecule has 1 aliphatic heterocycles. The zero-order chi connectivity index (χ0) is 16.5. The molecule has 2 N–H and O–H groups in total. The Morgan fingerprint density at radius 3 is 2.25 bits per heavy atom. The molecule has 3 aromatic rings. The fourth-order valence-electron chi connectivity index (χ4n) is 3.31. The van der Waals surface area contributed by atoms with Crippen LogP contribution in [0.15, 0.2) is 64.6 Å². The highest BCUT2D eigenvalue weighted by atomic mass is 16.3. The molecular formula is C20H18N2O2. The van der Waals surface area contributed by atoms with Gasteiger partial charge in [0.25, 0.3) is 0 Å². The second kappa shape index (κ2) is 5.96. The van der Waals surface area contributed by atoms with Crippen molar-refractivity contribution in [3.8, 4) is 11.5 Å². The molecule has 1 unspecified atom stereocenters. The maximum Gasteiger partial charge on any atom is 0.186 e. The van der Waals surface area contributed by atoms with Crippen molar-refractivity contribution in [2.45, 2.75) is 12.3 Å². The van der Waals surface area contributed by atoms with E-state index in [4.69, 9.17) is 4.99 Å². The zero-order valence-corrected chi connectivity index (χ0v) is 13.2. The second-order valence-corrected chi connectivity index (χ2v) is 6.06. The second-order valence-electron chi connectivity index (χ2n) is 6.06. The van der Waals surface area contributed by atoms with Crippen molar-refractivity contribution in [3.63, 3.8) is 0 Å². The van der Waals surface area contributed by atoms with E-state index in [1.807, 2.05) is 36.4 Å². The molecule has 0 aliphatic carbocycles. The van der Waals surface area contributed by atoms with Gasteiger partial charge < -0.3 is 10.2 Å². The van der Waals surface area contributed by atoms with Crippen LogP contribution in [0, 0.1) is 0 Å². The summed E-state index contributed by atoms with van der Waals surface area (Å²) in [5, 5.41) is 23.1. The molecule has 4 heteroatoms. The lowest BCUT2D eigenvalue weighted by atomic mass is 9.95. The fraction of sp³-hybridized carbons (Fsp3) is 0.200. The van der Waals surface area contributed by atoms with Gasteiger partial charge in [0.1, 0.15) is 5.36 Å². The first-order valence-corrected chi connectivity index (χ1v) is 8.12. The third-order valence-electron chi connectivity index (χ3n) is 4.60. The van der Waals surface area contributed by atoms with E-state index >= 15 is 0 Å². The fourth-order valence-corrected chi connectivity index (χ4v) is 3.31. The van der Waals surface area contributed by atoms with Crippen molar-refractivity contribution in [1.82, 2.24) is 0 Å². The van der Waals surface area contributed by atoms with Gasteiger partial charge in [-0.2, -0.15) is 0 Å². The molecule has 0 radical (unpaired) electrons. The number of hydrogen-bond acceptors (Lipinski definition) is 4. The molecule has 0 fully saturated rings. The van der Waals surface area contributed by atoms with Crippen molar-refractivity contribution in [2.75, 3.05) is 13.1 Å². The molecule has 1 atom stereocenters. The number of phenols is 2. The van der Waals surface area contributed by atoms with Crippen molar-refractivity contribution >= 4 is 10.8 Å². The van der Waals surface area contributed by atoms with Gasteiger partial charge in [-0.1, -0.05) is 54.6 Å². The van der Waals surface area contributed by atoms with E-state index in [0.717, 1.165) is 11.8 Å². The Morgan fingerprint density at radius 1 is 0.750 bits per heavy atom. The maximum atomic E-state index is 10.3. The summed E-state index contributed by atoms with van der Waals surface area (Å²) in [5.41, 5.74) is 1.26. The largest absolute Gasteiger partial charge is 0.504 e. The quantitative estimate of drug-likeness (QED) is 0.678. The Morgan fingerprint density at radius 2 is 1.46 bits per heavy atom. The molecule has 0 aromatic heterocycles. The van der Waals surface area contributed by atoms with Crippen molar-refractivity contribution in [3.05, 3.63) is 70.9 Å². The van der Waals surface area contributed by atoms with Gasteiger partial charge in [-0.3, -0.25) is 9.98 Å². The lowest BCUT2D eigenvalue weighted by Crippen LogP contribution is -2.30. The average Bonchev–Trinajstić information content (AvgIpc) is 2.61. The maximum absolute atomic E-state index is 10.3. The van der Waals surface area contributed by atoms with Gasteiger partial charge in [0, 0.05) is 29.8 Å². The minimum absolute atomic E-state index is 0.122. The topological polar surface area (TPSA) is 65.2 Å². The molecular weight excluding hydrogens is 300 g/mol. The molecule has 4 rings (SSSR count). The van der Waals surface area contributed by atoms with Gasteiger partial charge in [-0.05, 0) is 12.0 Å². The van der Waals surface area contributed by atoms with Crippen LogP contribution in [0.1, 0.15) is 17.9 Å². The highest BCUT2D eigenvalue weighted by molar-refractivity contribution is 5.89. The van der Waals surface area contributed by atoms with E-state index in [1.54, 1.807) is 6.07 Å². The van der Waals surface area contributed by atoms with E-state index in [2.05, 4.69) is 17.1 Å². The molecule has 24 heavy (non-hydrogen) atoms. The van der Waals surface area contributed by atoms with Gasteiger partial charge in [-0.25, -0.2) is 0 Å². The Labute approximate surface area is 139 Å². The van der Waals surface area contributed by atoms with E-state index in [1.165, 1.54) is 5.56 Å². The summed E-state index contributed by atoms with van der Waals surface area (Å²) in [4.78, 5) is 9.30. The normalized spacial score (nSPS) is 17.2. The molecule has 0 saturated heterocycles. The molecule has 0 spiro atoms. The molecule has 1 heterocycles. The average molecular weight is 318 g/mol. The number of hydrogen-bond donors (Lipinski definition) is 2. The summed E-state index contributed by atoms with van der Waals surface area (Å²) in [6.07, 6.45) is 0.861. The standard InChI is InChI=1S/C20H18N2O2/c23-19-16-9-5-4-8-15(16)17-18(20(19)24)21-11-10-14(12-22-17)13-6-2-1-3-7-13/h1-9,14,23-24H,10-12H2. The minimum atomic E-state index is -0.175. The lowest BCUT2D eigenvalue weighted by molar-refractivity contribution is 0.401. The minimum Gasteiger partial charge on any atom is -0.504 e. The molecule has 0 saturated carbocycles. The highest BCUT2D eigenvalue weighted by Crippen LogP contribution is 2.28. The zero-order valence-electron chi connectivity index (χ0n) is 13.2. The highest BCUT2D eigenvalue weighted by Gasteiger charge is 2.16.